The van der Waals surface area contributed by atoms with Gasteiger partial charge < -0.3 is 5.73 Å². The van der Waals surface area contributed by atoms with Crippen LogP contribution in [-0.4, -0.2) is 36.3 Å². The minimum atomic E-state index is -3.46. The van der Waals surface area contributed by atoms with E-state index in [-0.39, 0.29) is 9.88 Å². The molecule has 0 saturated heterocycles. The van der Waals surface area contributed by atoms with Gasteiger partial charge in [-0.1, -0.05) is 19.1 Å². The molecule has 0 radical (unpaired) electrons. The number of aromatic nitrogens is 1. The molecule has 1 rings (SSSR count). The molecule has 0 amide bonds. The third-order valence-corrected chi connectivity index (χ3v) is 4.29. The molecule has 0 atom stereocenters. The predicted octanol–water partition coefficient (Wildman–Crippen LogP) is 0.746. The highest BCUT2D eigenvalue weighted by Crippen LogP contribution is 2.13. The molecule has 0 aliphatic carbocycles. The quantitative estimate of drug-likeness (QED) is 0.801. The molecule has 0 spiro atoms. The second kappa shape index (κ2) is 5.52. The van der Waals surface area contributed by atoms with Gasteiger partial charge in [-0.15, -0.1) is 0 Å². The Morgan fingerprint density at radius 1 is 1.53 bits per heavy atom. The SMILES string of the molecule is CCCN(C)S(=O)(=O)c1ccc(C(N)=S)nc1. The van der Waals surface area contributed by atoms with Crippen molar-refractivity contribution in [1.29, 1.82) is 0 Å². The van der Waals surface area contributed by atoms with Crippen molar-refractivity contribution in [3.63, 3.8) is 0 Å². The molecular formula is C10H15N3O2S2. The molecule has 0 bridgehead atoms. The van der Waals surface area contributed by atoms with Gasteiger partial charge in [0.05, 0.1) is 5.69 Å². The summed E-state index contributed by atoms with van der Waals surface area (Å²) < 4.78 is 25.3. The number of thiocarbonyl (C=S) groups is 1. The lowest BCUT2D eigenvalue weighted by molar-refractivity contribution is 0.468. The first-order valence-corrected chi connectivity index (χ1v) is 6.96. The lowest BCUT2D eigenvalue weighted by Gasteiger charge is -2.15. The fraction of sp³-hybridized carbons (Fsp3) is 0.400. The highest BCUT2D eigenvalue weighted by atomic mass is 32.2. The van der Waals surface area contributed by atoms with Crippen LogP contribution in [0.2, 0.25) is 0 Å². The summed E-state index contributed by atoms with van der Waals surface area (Å²) in [6.07, 6.45) is 2.03. The van der Waals surface area contributed by atoms with E-state index >= 15 is 0 Å². The van der Waals surface area contributed by atoms with Gasteiger partial charge in [-0.05, 0) is 18.6 Å². The highest BCUT2D eigenvalue weighted by molar-refractivity contribution is 7.89. The smallest absolute Gasteiger partial charge is 0.244 e. The molecule has 0 aliphatic rings. The van der Waals surface area contributed by atoms with Crippen LogP contribution in [0.3, 0.4) is 0 Å². The van der Waals surface area contributed by atoms with Gasteiger partial charge in [0.2, 0.25) is 10.0 Å². The topological polar surface area (TPSA) is 76.3 Å². The van der Waals surface area contributed by atoms with Crippen LogP contribution in [0.1, 0.15) is 19.0 Å². The van der Waals surface area contributed by atoms with Crippen molar-refractivity contribution in [2.24, 2.45) is 5.73 Å². The van der Waals surface area contributed by atoms with E-state index in [2.05, 4.69) is 4.98 Å². The summed E-state index contributed by atoms with van der Waals surface area (Å²) in [6, 6.07) is 2.97. The molecule has 0 saturated carbocycles. The Balaban J connectivity index is 3.04. The minimum absolute atomic E-state index is 0.147. The highest BCUT2D eigenvalue weighted by Gasteiger charge is 2.20. The molecule has 2 N–H and O–H groups in total. The second-order valence-corrected chi connectivity index (χ2v) is 6.05. The van der Waals surface area contributed by atoms with E-state index in [4.69, 9.17) is 18.0 Å². The maximum Gasteiger partial charge on any atom is 0.244 e. The second-order valence-electron chi connectivity index (χ2n) is 3.57. The van der Waals surface area contributed by atoms with Crippen molar-refractivity contribution < 1.29 is 8.42 Å². The van der Waals surface area contributed by atoms with Crippen molar-refractivity contribution in [3.05, 3.63) is 24.0 Å². The van der Waals surface area contributed by atoms with Crippen LogP contribution in [-0.2, 0) is 10.0 Å². The summed E-state index contributed by atoms with van der Waals surface area (Å²) in [6.45, 7) is 2.39. The summed E-state index contributed by atoms with van der Waals surface area (Å²) in [5.41, 5.74) is 5.80. The molecule has 1 aromatic heterocycles. The van der Waals surface area contributed by atoms with Gasteiger partial charge >= 0.3 is 0 Å². The number of nitrogens with two attached hydrogens (primary N) is 1. The summed E-state index contributed by atoms with van der Waals surface area (Å²) in [5, 5.41) is 0. The first-order chi connectivity index (χ1) is 7.89. The van der Waals surface area contributed by atoms with Crippen LogP contribution in [0, 0.1) is 0 Å². The van der Waals surface area contributed by atoms with E-state index in [1.165, 1.54) is 22.6 Å². The number of hydrogen-bond donors (Lipinski definition) is 1. The monoisotopic (exact) mass is 273 g/mol. The fourth-order valence-electron chi connectivity index (χ4n) is 1.29. The van der Waals surface area contributed by atoms with E-state index in [1.807, 2.05) is 6.92 Å². The van der Waals surface area contributed by atoms with Gasteiger partial charge in [0.1, 0.15) is 9.88 Å². The van der Waals surface area contributed by atoms with Crippen LogP contribution in [0.25, 0.3) is 0 Å². The first-order valence-electron chi connectivity index (χ1n) is 5.11. The van der Waals surface area contributed by atoms with Gasteiger partial charge in [0.25, 0.3) is 0 Å². The third-order valence-electron chi connectivity index (χ3n) is 2.24. The molecule has 1 heterocycles. The Morgan fingerprint density at radius 2 is 2.18 bits per heavy atom. The Hall–Kier alpha value is -1.05. The zero-order valence-corrected chi connectivity index (χ0v) is 11.4. The van der Waals surface area contributed by atoms with Crippen LogP contribution in [0.5, 0.6) is 0 Å². The molecule has 7 heteroatoms. The van der Waals surface area contributed by atoms with Crippen molar-refractivity contribution in [1.82, 2.24) is 9.29 Å². The van der Waals surface area contributed by atoms with Crippen LogP contribution in [0.15, 0.2) is 23.2 Å². The molecule has 0 fully saturated rings. The maximum atomic E-state index is 12.0. The lowest BCUT2D eigenvalue weighted by atomic mass is 10.3. The predicted molar refractivity (Wildman–Crippen MR) is 70.2 cm³/mol. The number of nitrogens with zero attached hydrogens (tertiary/aromatic N) is 2. The van der Waals surface area contributed by atoms with Gasteiger partial charge in [-0.3, -0.25) is 4.98 Å². The van der Waals surface area contributed by atoms with Gasteiger partial charge in [-0.2, -0.15) is 0 Å². The van der Waals surface area contributed by atoms with E-state index < -0.39 is 10.0 Å². The molecular weight excluding hydrogens is 258 g/mol. The summed E-state index contributed by atoms with van der Waals surface area (Å²) in [7, 11) is -1.91. The van der Waals surface area contributed by atoms with Gasteiger partial charge in [0.15, 0.2) is 0 Å². The minimum Gasteiger partial charge on any atom is -0.388 e. The van der Waals surface area contributed by atoms with E-state index in [0.29, 0.717) is 12.2 Å². The Bertz CT molecular complexity index is 497. The Morgan fingerprint density at radius 3 is 2.59 bits per heavy atom. The number of sulfonamides is 1. The lowest BCUT2D eigenvalue weighted by Crippen LogP contribution is -2.27. The van der Waals surface area contributed by atoms with Crippen LogP contribution in [0.4, 0.5) is 0 Å². The van der Waals surface area contributed by atoms with Gasteiger partial charge in [0, 0.05) is 19.8 Å². The third kappa shape index (κ3) is 3.21. The van der Waals surface area contributed by atoms with Crippen LogP contribution >= 0.6 is 12.2 Å². The normalized spacial score (nSPS) is 11.7. The van der Waals surface area contributed by atoms with E-state index in [9.17, 15) is 8.42 Å². The Labute approximate surface area is 107 Å². The van der Waals surface area contributed by atoms with Crippen LogP contribution < -0.4 is 5.73 Å². The van der Waals surface area contributed by atoms with E-state index in [0.717, 1.165) is 6.42 Å². The molecule has 94 valence electrons. The molecule has 5 nitrogen and oxygen atoms in total. The van der Waals surface area contributed by atoms with Crippen molar-refractivity contribution in [2.75, 3.05) is 13.6 Å². The average molecular weight is 273 g/mol. The molecule has 0 aliphatic heterocycles. The largest absolute Gasteiger partial charge is 0.388 e. The molecule has 1 aromatic rings. The molecule has 0 aromatic carbocycles. The zero-order valence-electron chi connectivity index (χ0n) is 9.75. The zero-order chi connectivity index (χ0) is 13.1. The van der Waals surface area contributed by atoms with Crippen molar-refractivity contribution in [3.8, 4) is 0 Å². The first kappa shape index (κ1) is 14.0. The Kier molecular flexibility index (Phi) is 4.55. The summed E-state index contributed by atoms with van der Waals surface area (Å²) >= 11 is 4.75. The summed E-state index contributed by atoms with van der Waals surface area (Å²) in [4.78, 5) is 4.21. The number of pyridine rings is 1. The molecule has 17 heavy (non-hydrogen) atoms. The van der Waals surface area contributed by atoms with Crippen molar-refractivity contribution >= 4 is 27.2 Å². The average Bonchev–Trinajstić information content (AvgIpc) is 2.29. The molecule has 0 unspecified atom stereocenters. The number of rotatable bonds is 5. The van der Waals surface area contributed by atoms with Crippen molar-refractivity contribution in [2.45, 2.75) is 18.2 Å². The van der Waals surface area contributed by atoms with Gasteiger partial charge in [-0.25, -0.2) is 12.7 Å². The maximum absolute atomic E-state index is 12.0. The standard InChI is InChI=1S/C10H15N3O2S2/c1-3-6-13(2)17(14,15)8-4-5-9(10(11)16)12-7-8/h4-5,7H,3,6H2,1-2H3,(H2,11,16). The number of hydrogen-bond acceptors (Lipinski definition) is 4. The van der Waals surface area contributed by atoms with E-state index in [1.54, 1.807) is 7.05 Å². The summed E-state index contributed by atoms with van der Waals surface area (Å²) in [5.74, 6) is 0. The fourth-order valence-corrected chi connectivity index (χ4v) is 2.62.